The fourth-order valence-electron chi connectivity index (χ4n) is 3.89. The van der Waals surface area contributed by atoms with Gasteiger partial charge in [-0.3, -0.25) is 4.79 Å². The van der Waals surface area contributed by atoms with Crippen LogP contribution >= 0.6 is 0 Å². The van der Waals surface area contributed by atoms with Crippen molar-refractivity contribution >= 4 is 11.6 Å². The third-order valence-corrected chi connectivity index (χ3v) is 5.78. The molecule has 1 aliphatic carbocycles. The summed E-state index contributed by atoms with van der Waals surface area (Å²) in [7, 11) is 0. The number of rotatable bonds is 4. The highest BCUT2D eigenvalue weighted by atomic mass is 19.1. The van der Waals surface area contributed by atoms with Gasteiger partial charge in [0.25, 0.3) is 0 Å². The van der Waals surface area contributed by atoms with Gasteiger partial charge in [-0.15, -0.1) is 0 Å². The Morgan fingerprint density at radius 1 is 1.03 bits per heavy atom. The van der Waals surface area contributed by atoms with E-state index >= 15 is 0 Å². The lowest BCUT2D eigenvalue weighted by atomic mass is 9.94. The molecule has 148 valence electrons. The average Bonchev–Trinajstić information content (AvgIpc) is 3.41. The Balaban J connectivity index is 0.00000218. The van der Waals surface area contributed by atoms with Gasteiger partial charge in [0.15, 0.2) is 11.5 Å². The Morgan fingerprint density at radius 3 is 2.62 bits per heavy atom. The molecule has 2 aliphatic rings. The number of fused-ring (bicyclic) bond motifs is 1. The van der Waals surface area contributed by atoms with Crippen molar-refractivity contribution in [1.29, 1.82) is 0 Å². The van der Waals surface area contributed by atoms with Crippen LogP contribution in [0.5, 0.6) is 11.5 Å². The number of hydrogen-bond acceptors (Lipinski definition) is 3. The molecule has 3 aromatic carbocycles. The maximum absolute atomic E-state index is 14.5. The van der Waals surface area contributed by atoms with E-state index in [0.29, 0.717) is 11.5 Å². The van der Waals surface area contributed by atoms with Crippen molar-refractivity contribution < 1.29 is 20.1 Å². The fourth-order valence-corrected chi connectivity index (χ4v) is 3.89. The molecule has 0 atom stereocenters. The van der Waals surface area contributed by atoms with Crippen LogP contribution in [0, 0.1) is 12.7 Å². The molecule has 0 aromatic heterocycles. The predicted octanol–water partition coefficient (Wildman–Crippen LogP) is 5.45. The first-order valence-corrected chi connectivity index (χ1v) is 9.64. The first kappa shape index (κ1) is 17.7. The van der Waals surface area contributed by atoms with Crippen LogP contribution in [-0.2, 0) is 10.2 Å². The maximum atomic E-state index is 14.5. The zero-order valence-corrected chi connectivity index (χ0v) is 16.0. The van der Waals surface area contributed by atoms with Gasteiger partial charge in [-0.2, -0.15) is 0 Å². The molecule has 0 spiro atoms. The highest BCUT2D eigenvalue weighted by molar-refractivity contribution is 6.02. The molecule has 1 aliphatic heterocycles. The van der Waals surface area contributed by atoms with E-state index in [2.05, 4.69) is 5.32 Å². The topological polar surface area (TPSA) is 47.6 Å². The summed E-state index contributed by atoms with van der Waals surface area (Å²) in [5.41, 5.74) is 3.40. The molecule has 1 amide bonds. The third-order valence-electron chi connectivity index (χ3n) is 5.78. The standard InChI is InChI=1S/C24H20FNO3.H2/c1-15-4-2-3-5-18(15)16-6-8-19(25)20(12-16)26-23(27)24(10-11-24)17-7-9-21-22(13-17)29-14-28-21;/h2-9,12-13H,10-11,14H2,1H3,(H,26,27);1H. The van der Waals surface area contributed by atoms with Crippen LogP contribution in [-0.4, -0.2) is 12.7 Å². The van der Waals surface area contributed by atoms with E-state index in [1.807, 2.05) is 49.4 Å². The monoisotopic (exact) mass is 391 g/mol. The van der Waals surface area contributed by atoms with E-state index in [1.165, 1.54) is 6.07 Å². The van der Waals surface area contributed by atoms with E-state index < -0.39 is 11.2 Å². The molecule has 3 aromatic rings. The second-order valence-corrected chi connectivity index (χ2v) is 7.61. The first-order chi connectivity index (χ1) is 14.1. The van der Waals surface area contributed by atoms with Gasteiger partial charge in [-0.1, -0.05) is 36.4 Å². The smallest absolute Gasteiger partial charge is 0.235 e. The van der Waals surface area contributed by atoms with Crippen LogP contribution in [0.4, 0.5) is 10.1 Å². The minimum absolute atomic E-state index is 0. The Labute approximate surface area is 169 Å². The van der Waals surface area contributed by atoms with E-state index in [-0.39, 0.29) is 19.8 Å². The number of carbonyl (C=O) groups is 1. The van der Waals surface area contributed by atoms with Gasteiger partial charge in [0, 0.05) is 1.43 Å². The van der Waals surface area contributed by atoms with Crippen molar-refractivity contribution in [3.63, 3.8) is 0 Å². The number of aryl methyl sites for hydroxylation is 1. The lowest BCUT2D eigenvalue weighted by Gasteiger charge is -2.17. The van der Waals surface area contributed by atoms with Crippen LogP contribution in [0.3, 0.4) is 0 Å². The van der Waals surface area contributed by atoms with Crippen molar-refractivity contribution in [2.45, 2.75) is 25.2 Å². The summed E-state index contributed by atoms with van der Waals surface area (Å²) >= 11 is 0. The predicted molar refractivity (Wildman–Crippen MR) is 111 cm³/mol. The highest BCUT2D eigenvalue weighted by Crippen LogP contribution is 2.51. The number of halogens is 1. The fraction of sp³-hybridized carbons (Fsp3) is 0.208. The lowest BCUT2D eigenvalue weighted by Crippen LogP contribution is -2.28. The summed E-state index contributed by atoms with van der Waals surface area (Å²) in [5.74, 6) is 0.686. The normalized spacial score (nSPS) is 15.8. The Bertz CT molecular complexity index is 1130. The molecule has 0 saturated heterocycles. The molecule has 1 heterocycles. The molecule has 0 bridgehead atoms. The van der Waals surface area contributed by atoms with Crippen molar-refractivity contribution in [3.05, 3.63) is 77.6 Å². The van der Waals surface area contributed by atoms with Gasteiger partial charge >= 0.3 is 0 Å². The van der Waals surface area contributed by atoms with Gasteiger partial charge < -0.3 is 14.8 Å². The van der Waals surface area contributed by atoms with Crippen molar-refractivity contribution in [2.24, 2.45) is 0 Å². The van der Waals surface area contributed by atoms with E-state index in [9.17, 15) is 9.18 Å². The molecule has 4 nitrogen and oxygen atoms in total. The molecular weight excluding hydrogens is 369 g/mol. The summed E-state index contributed by atoms with van der Waals surface area (Å²) < 4.78 is 25.3. The summed E-state index contributed by atoms with van der Waals surface area (Å²) in [5, 5.41) is 2.82. The number of nitrogens with one attached hydrogen (secondary N) is 1. The number of amides is 1. The molecule has 1 N–H and O–H groups in total. The molecule has 29 heavy (non-hydrogen) atoms. The number of carbonyl (C=O) groups excluding carboxylic acids is 1. The zero-order chi connectivity index (χ0) is 20.0. The molecule has 0 radical (unpaired) electrons. The summed E-state index contributed by atoms with van der Waals surface area (Å²) in [6, 6.07) is 18.3. The SMILES string of the molecule is Cc1ccccc1-c1ccc(F)c(NC(=O)C2(c3ccc4c(c3)OCO4)CC2)c1.[HH]. The Hall–Kier alpha value is -3.34. The van der Waals surface area contributed by atoms with E-state index in [4.69, 9.17) is 9.47 Å². The number of ether oxygens (including phenoxy) is 2. The maximum Gasteiger partial charge on any atom is 0.235 e. The summed E-state index contributed by atoms with van der Waals surface area (Å²) in [4.78, 5) is 13.1. The zero-order valence-electron chi connectivity index (χ0n) is 16.0. The van der Waals surface area contributed by atoms with Crippen molar-refractivity contribution in [2.75, 3.05) is 12.1 Å². The molecule has 1 fully saturated rings. The molecule has 5 heteroatoms. The van der Waals surface area contributed by atoms with Gasteiger partial charge in [0.2, 0.25) is 12.7 Å². The minimum atomic E-state index is -0.647. The Morgan fingerprint density at radius 2 is 1.83 bits per heavy atom. The van der Waals surface area contributed by atoms with Crippen LogP contribution in [0.25, 0.3) is 11.1 Å². The van der Waals surface area contributed by atoms with Crippen LogP contribution in [0.2, 0.25) is 0 Å². The largest absolute Gasteiger partial charge is 0.454 e. The van der Waals surface area contributed by atoms with Gasteiger partial charge in [-0.05, 0) is 66.3 Å². The number of benzene rings is 3. The average molecular weight is 391 g/mol. The molecule has 5 rings (SSSR count). The Kier molecular flexibility index (Phi) is 4.05. The summed E-state index contributed by atoms with van der Waals surface area (Å²) in [6.07, 6.45) is 1.44. The summed E-state index contributed by atoms with van der Waals surface area (Å²) in [6.45, 7) is 2.20. The second-order valence-electron chi connectivity index (χ2n) is 7.61. The van der Waals surface area contributed by atoms with Crippen LogP contribution in [0.15, 0.2) is 60.7 Å². The third kappa shape index (κ3) is 3.03. The molecule has 0 unspecified atom stereocenters. The lowest BCUT2D eigenvalue weighted by molar-refractivity contribution is -0.118. The highest BCUT2D eigenvalue weighted by Gasteiger charge is 2.51. The van der Waals surface area contributed by atoms with Crippen molar-refractivity contribution in [1.82, 2.24) is 0 Å². The second kappa shape index (κ2) is 6.62. The van der Waals surface area contributed by atoms with Crippen LogP contribution in [0.1, 0.15) is 25.4 Å². The van der Waals surface area contributed by atoms with Gasteiger partial charge in [0.05, 0.1) is 11.1 Å². The number of hydrogen-bond donors (Lipinski definition) is 1. The van der Waals surface area contributed by atoms with Gasteiger partial charge in [0.1, 0.15) is 5.82 Å². The van der Waals surface area contributed by atoms with E-state index in [1.54, 1.807) is 12.1 Å². The number of anilines is 1. The van der Waals surface area contributed by atoms with Gasteiger partial charge in [-0.25, -0.2) is 4.39 Å². The molecular formula is C24H22FNO3. The van der Waals surface area contributed by atoms with Crippen LogP contribution < -0.4 is 14.8 Å². The van der Waals surface area contributed by atoms with E-state index in [0.717, 1.165) is 35.1 Å². The quantitative estimate of drug-likeness (QED) is 0.644. The molecule has 1 saturated carbocycles. The first-order valence-electron chi connectivity index (χ1n) is 9.64. The minimum Gasteiger partial charge on any atom is -0.454 e. The van der Waals surface area contributed by atoms with Crippen molar-refractivity contribution in [3.8, 4) is 22.6 Å².